The SMILES string of the molecule is Cc1cc(Nc2cc(Nc3ccccc3S(=O)(=O)C(C)C)n3nccc3n2)c(OC(C)C)cc1C1CCNCC1. The van der Waals surface area contributed by atoms with E-state index >= 15 is 0 Å². The average molecular weight is 563 g/mol. The minimum atomic E-state index is -3.51. The van der Waals surface area contributed by atoms with Crippen LogP contribution in [0.2, 0.25) is 0 Å². The van der Waals surface area contributed by atoms with Crippen LogP contribution in [0.25, 0.3) is 5.65 Å². The highest BCUT2D eigenvalue weighted by Gasteiger charge is 2.24. The molecular weight excluding hydrogens is 524 g/mol. The molecule has 0 atom stereocenters. The van der Waals surface area contributed by atoms with Gasteiger partial charge in [-0.15, -0.1) is 0 Å². The van der Waals surface area contributed by atoms with Gasteiger partial charge in [-0.25, -0.2) is 13.4 Å². The number of hydrogen-bond acceptors (Lipinski definition) is 8. The van der Waals surface area contributed by atoms with E-state index in [0.717, 1.165) is 37.4 Å². The second-order valence-electron chi connectivity index (χ2n) is 10.9. The Morgan fingerprint density at radius 3 is 2.48 bits per heavy atom. The van der Waals surface area contributed by atoms with Crippen LogP contribution < -0.4 is 20.7 Å². The number of hydrogen-bond donors (Lipinski definition) is 3. The monoisotopic (exact) mass is 562 g/mol. The summed E-state index contributed by atoms with van der Waals surface area (Å²) in [6.07, 6.45) is 3.89. The molecule has 4 aromatic rings. The quantitative estimate of drug-likeness (QED) is 0.229. The number of piperidine rings is 1. The Morgan fingerprint density at radius 2 is 1.75 bits per heavy atom. The molecule has 40 heavy (non-hydrogen) atoms. The summed E-state index contributed by atoms with van der Waals surface area (Å²) in [5, 5.41) is 14.1. The topological polar surface area (TPSA) is 110 Å². The van der Waals surface area contributed by atoms with Gasteiger partial charge < -0.3 is 20.7 Å². The lowest BCUT2D eigenvalue weighted by Gasteiger charge is -2.26. The van der Waals surface area contributed by atoms with Crippen molar-refractivity contribution in [3.8, 4) is 5.75 Å². The largest absolute Gasteiger partial charge is 0.489 e. The molecule has 1 fully saturated rings. The summed E-state index contributed by atoms with van der Waals surface area (Å²) in [6, 6.07) is 14.9. The van der Waals surface area contributed by atoms with E-state index in [1.165, 1.54) is 11.1 Å². The number of aryl methyl sites for hydroxylation is 1. The second kappa shape index (κ2) is 11.5. The van der Waals surface area contributed by atoms with Crippen molar-refractivity contribution in [3.63, 3.8) is 0 Å². The number of benzene rings is 2. The van der Waals surface area contributed by atoms with E-state index in [2.05, 4.69) is 40.1 Å². The third-order valence-electron chi connectivity index (χ3n) is 7.21. The first-order valence-electron chi connectivity index (χ1n) is 13.9. The van der Waals surface area contributed by atoms with Crippen LogP contribution in [0.4, 0.5) is 23.0 Å². The highest BCUT2D eigenvalue weighted by atomic mass is 32.2. The highest BCUT2D eigenvalue weighted by molar-refractivity contribution is 7.92. The third kappa shape index (κ3) is 5.78. The molecule has 1 aliphatic rings. The van der Waals surface area contributed by atoms with Crippen LogP contribution in [0.5, 0.6) is 5.75 Å². The Balaban J connectivity index is 1.53. The zero-order valence-corrected chi connectivity index (χ0v) is 24.5. The van der Waals surface area contributed by atoms with E-state index in [-0.39, 0.29) is 11.0 Å². The van der Waals surface area contributed by atoms with Gasteiger partial charge in [0.05, 0.1) is 33.8 Å². The van der Waals surface area contributed by atoms with Crippen molar-refractivity contribution in [2.45, 2.75) is 69.6 Å². The molecule has 1 aliphatic heterocycles. The molecule has 0 amide bonds. The van der Waals surface area contributed by atoms with E-state index in [1.807, 2.05) is 32.0 Å². The third-order valence-corrected chi connectivity index (χ3v) is 9.42. The number of aromatic nitrogens is 3. The fraction of sp³-hybridized carbons (Fsp3) is 0.400. The molecule has 2 aromatic heterocycles. The lowest BCUT2D eigenvalue weighted by Crippen LogP contribution is -2.27. The number of para-hydroxylation sites is 1. The Kier molecular flexibility index (Phi) is 8.00. The average Bonchev–Trinajstić information content (AvgIpc) is 3.40. The molecule has 0 saturated carbocycles. The summed E-state index contributed by atoms with van der Waals surface area (Å²) < 4.78 is 34.0. The maximum Gasteiger partial charge on any atom is 0.182 e. The summed E-state index contributed by atoms with van der Waals surface area (Å²) in [7, 11) is -3.51. The van der Waals surface area contributed by atoms with E-state index in [1.54, 1.807) is 42.8 Å². The lowest BCUT2D eigenvalue weighted by atomic mass is 9.87. The molecule has 212 valence electrons. The number of anilines is 4. The molecule has 0 bridgehead atoms. The predicted octanol–water partition coefficient (Wildman–Crippen LogP) is 5.96. The van der Waals surface area contributed by atoms with Crippen molar-refractivity contribution in [2.75, 3.05) is 23.7 Å². The molecule has 3 N–H and O–H groups in total. The van der Waals surface area contributed by atoms with Crippen LogP contribution in [0, 0.1) is 6.92 Å². The molecule has 2 aromatic carbocycles. The van der Waals surface area contributed by atoms with Crippen LogP contribution in [0.1, 0.15) is 57.6 Å². The number of rotatable bonds is 9. The van der Waals surface area contributed by atoms with E-state index in [0.29, 0.717) is 28.9 Å². The maximum atomic E-state index is 13.1. The van der Waals surface area contributed by atoms with Gasteiger partial charge in [0.2, 0.25) is 0 Å². The number of fused-ring (bicyclic) bond motifs is 1. The fourth-order valence-electron chi connectivity index (χ4n) is 5.14. The second-order valence-corrected chi connectivity index (χ2v) is 13.3. The molecule has 0 aliphatic carbocycles. The van der Waals surface area contributed by atoms with Gasteiger partial charge in [0.25, 0.3) is 0 Å². The summed E-state index contributed by atoms with van der Waals surface area (Å²) in [5.74, 6) is 2.46. The predicted molar refractivity (Wildman–Crippen MR) is 160 cm³/mol. The van der Waals surface area contributed by atoms with E-state index in [4.69, 9.17) is 9.72 Å². The van der Waals surface area contributed by atoms with Gasteiger partial charge in [0.1, 0.15) is 17.4 Å². The number of nitrogens with zero attached hydrogens (tertiary/aromatic N) is 3. The summed E-state index contributed by atoms with van der Waals surface area (Å²) >= 11 is 0. The standard InChI is InChI=1S/C30H38N6O3S/c1-19(2)39-26-17-23(22-10-13-31-14-11-22)21(5)16-25(26)33-28-18-30(36-29(35-28)12-15-32-36)34-24-8-6-7-9-27(24)40(37,38)20(3)4/h6-9,12,15-20,22,31,34H,10-11,13-14H2,1-5H3,(H,33,35). The van der Waals surface area contributed by atoms with Gasteiger partial charge in [-0.1, -0.05) is 12.1 Å². The Bertz CT molecular complexity index is 1610. The molecule has 9 nitrogen and oxygen atoms in total. The first-order valence-corrected chi connectivity index (χ1v) is 15.4. The van der Waals surface area contributed by atoms with Gasteiger partial charge >= 0.3 is 0 Å². The molecule has 5 rings (SSSR count). The maximum absolute atomic E-state index is 13.1. The Hall–Kier alpha value is -3.63. The van der Waals surface area contributed by atoms with Crippen molar-refractivity contribution in [2.24, 2.45) is 0 Å². The number of nitrogens with one attached hydrogen (secondary N) is 3. The molecule has 0 spiro atoms. The van der Waals surface area contributed by atoms with E-state index < -0.39 is 15.1 Å². The zero-order chi connectivity index (χ0) is 28.4. The lowest BCUT2D eigenvalue weighted by molar-refractivity contribution is 0.243. The van der Waals surface area contributed by atoms with Gasteiger partial charge in [0, 0.05) is 12.1 Å². The molecule has 0 unspecified atom stereocenters. The van der Waals surface area contributed by atoms with Crippen LogP contribution in [0.15, 0.2) is 59.6 Å². The van der Waals surface area contributed by atoms with Gasteiger partial charge in [-0.2, -0.15) is 9.61 Å². The van der Waals surface area contributed by atoms with Gasteiger partial charge in [-0.05, 0) is 102 Å². The number of ether oxygens (including phenoxy) is 1. The first-order chi connectivity index (χ1) is 19.1. The summed E-state index contributed by atoms with van der Waals surface area (Å²) in [6.45, 7) is 11.6. The smallest absolute Gasteiger partial charge is 0.182 e. The van der Waals surface area contributed by atoms with E-state index in [9.17, 15) is 8.42 Å². The van der Waals surface area contributed by atoms with Crippen LogP contribution in [-0.2, 0) is 9.84 Å². The Morgan fingerprint density at radius 1 is 1.00 bits per heavy atom. The van der Waals surface area contributed by atoms with Crippen LogP contribution >= 0.6 is 0 Å². The van der Waals surface area contributed by atoms with Crippen molar-refractivity contribution in [1.29, 1.82) is 0 Å². The summed E-state index contributed by atoms with van der Waals surface area (Å²) in [5.41, 5.74) is 4.46. The molecule has 10 heteroatoms. The van der Waals surface area contributed by atoms with Crippen molar-refractivity contribution >= 4 is 38.5 Å². The first kappa shape index (κ1) is 27.9. The molecule has 0 radical (unpaired) electrons. The van der Waals surface area contributed by atoms with Crippen molar-refractivity contribution in [1.82, 2.24) is 19.9 Å². The molecule has 1 saturated heterocycles. The van der Waals surface area contributed by atoms with Crippen molar-refractivity contribution in [3.05, 3.63) is 65.9 Å². The zero-order valence-electron chi connectivity index (χ0n) is 23.7. The fourth-order valence-corrected chi connectivity index (χ4v) is 6.34. The minimum Gasteiger partial charge on any atom is -0.489 e. The van der Waals surface area contributed by atoms with Crippen LogP contribution in [-0.4, -0.2) is 47.5 Å². The summed E-state index contributed by atoms with van der Waals surface area (Å²) in [4.78, 5) is 5.01. The molecule has 3 heterocycles. The Labute approximate surface area is 236 Å². The van der Waals surface area contributed by atoms with Crippen molar-refractivity contribution < 1.29 is 13.2 Å². The van der Waals surface area contributed by atoms with Crippen LogP contribution in [0.3, 0.4) is 0 Å². The highest BCUT2D eigenvalue weighted by Crippen LogP contribution is 2.38. The molecular formula is C30H38N6O3S. The van der Waals surface area contributed by atoms with Gasteiger partial charge in [0.15, 0.2) is 15.5 Å². The normalized spacial score (nSPS) is 14.7. The number of sulfone groups is 1. The minimum absolute atomic E-state index is 0.00559. The van der Waals surface area contributed by atoms with Gasteiger partial charge in [-0.3, -0.25) is 0 Å².